The van der Waals surface area contributed by atoms with Gasteiger partial charge in [-0.2, -0.15) is 0 Å². The van der Waals surface area contributed by atoms with E-state index < -0.39 is 17.5 Å². The molecule has 2 rings (SSSR count). The number of halogens is 2. The molecule has 3 N–H and O–H groups in total. The molecule has 0 radical (unpaired) electrons. The number of amides is 1. The summed E-state index contributed by atoms with van der Waals surface area (Å²) in [7, 11) is 0. The number of benzene rings is 2. The minimum Gasteiger partial charge on any atom is -0.398 e. The van der Waals surface area contributed by atoms with Crippen LogP contribution in [0.1, 0.15) is 15.9 Å². The van der Waals surface area contributed by atoms with Gasteiger partial charge >= 0.3 is 0 Å². The summed E-state index contributed by atoms with van der Waals surface area (Å²) in [5.41, 5.74) is 7.23. The lowest BCUT2D eigenvalue weighted by Gasteiger charge is -2.09. The highest BCUT2D eigenvalue weighted by Crippen LogP contribution is 2.18. The van der Waals surface area contributed by atoms with E-state index in [9.17, 15) is 13.6 Å². The van der Waals surface area contributed by atoms with Crippen LogP contribution in [0, 0.1) is 18.6 Å². The fraction of sp³-hybridized carbons (Fsp3) is 0.0714. The molecule has 0 aliphatic carbocycles. The number of anilines is 2. The molecule has 0 aliphatic rings. The smallest absolute Gasteiger partial charge is 0.256 e. The van der Waals surface area contributed by atoms with E-state index in [1.54, 1.807) is 25.1 Å². The van der Waals surface area contributed by atoms with Gasteiger partial charge in [-0.15, -0.1) is 0 Å². The summed E-state index contributed by atoms with van der Waals surface area (Å²) < 4.78 is 26.0. The predicted molar refractivity (Wildman–Crippen MR) is 69.9 cm³/mol. The monoisotopic (exact) mass is 262 g/mol. The molecular formula is C14H12F2N2O. The zero-order chi connectivity index (χ0) is 14.0. The fourth-order valence-corrected chi connectivity index (χ4v) is 1.72. The minimum absolute atomic E-state index is 0.0596. The highest BCUT2D eigenvalue weighted by atomic mass is 19.1. The van der Waals surface area contributed by atoms with Gasteiger partial charge < -0.3 is 11.1 Å². The Morgan fingerprint density at radius 2 is 1.79 bits per heavy atom. The molecule has 19 heavy (non-hydrogen) atoms. The van der Waals surface area contributed by atoms with Gasteiger partial charge in [-0.05, 0) is 36.8 Å². The first kappa shape index (κ1) is 13.0. The molecule has 2 aromatic carbocycles. The summed E-state index contributed by atoms with van der Waals surface area (Å²) in [5, 5.41) is 2.43. The lowest BCUT2D eigenvalue weighted by atomic mass is 10.1. The maximum atomic E-state index is 13.0. The van der Waals surface area contributed by atoms with Crippen molar-refractivity contribution in [2.45, 2.75) is 6.92 Å². The van der Waals surface area contributed by atoms with Crippen molar-refractivity contribution >= 4 is 17.3 Å². The van der Waals surface area contributed by atoms with Crippen LogP contribution in [0.15, 0.2) is 36.4 Å². The van der Waals surface area contributed by atoms with Crippen LogP contribution in [-0.2, 0) is 0 Å². The second kappa shape index (κ2) is 5.06. The number of nitrogens with one attached hydrogen (secondary N) is 1. The normalized spacial score (nSPS) is 10.3. The van der Waals surface area contributed by atoms with Crippen molar-refractivity contribution in [2.24, 2.45) is 0 Å². The second-order valence-corrected chi connectivity index (χ2v) is 4.13. The molecule has 0 spiro atoms. The average Bonchev–Trinajstić information content (AvgIpc) is 2.31. The maximum absolute atomic E-state index is 13.0. The summed E-state index contributed by atoms with van der Waals surface area (Å²) in [6, 6.07) is 7.74. The van der Waals surface area contributed by atoms with Crippen molar-refractivity contribution in [3.63, 3.8) is 0 Å². The lowest BCUT2D eigenvalue weighted by Crippen LogP contribution is -2.14. The van der Waals surface area contributed by atoms with Gasteiger partial charge in [-0.3, -0.25) is 4.79 Å². The molecule has 1 amide bonds. The van der Waals surface area contributed by atoms with Crippen molar-refractivity contribution < 1.29 is 13.6 Å². The molecule has 0 saturated carbocycles. The van der Waals surface area contributed by atoms with E-state index in [1.165, 1.54) is 0 Å². The molecule has 0 heterocycles. The zero-order valence-corrected chi connectivity index (χ0v) is 10.2. The molecule has 0 bridgehead atoms. The molecule has 0 atom stereocenters. The highest BCUT2D eigenvalue weighted by Gasteiger charge is 2.11. The summed E-state index contributed by atoms with van der Waals surface area (Å²) in [6.45, 7) is 1.70. The Bertz CT molecular complexity index is 621. The number of nitrogens with two attached hydrogens (primary N) is 1. The number of hydrogen-bond donors (Lipinski definition) is 2. The van der Waals surface area contributed by atoms with Gasteiger partial charge in [0.2, 0.25) is 0 Å². The number of nitrogen functional groups attached to an aromatic ring is 1. The van der Waals surface area contributed by atoms with Crippen LogP contribution in [0.3, 0.4) is 0 Å². The first-order valence-corrected chi connectivity index (χ1v) is 5.60. The topological polar surface area (TPSA) is 55.1 Å². The first-order chi connectivity index (χ1) is 8.97. The third kappa shape index (κ3) is 2.88. The molecule has 2 aromatic rings. The predicted octanol–water partition coefficient (Wildman–Crippen LogP) is 3.11. The lowest BCUT2D eigenvalue weighted by molar-refractivity contribution is 0.102. The molecule has 5 heteroatoms. The van der Waals surface area contributed by atoms with Crippen molar-refractivity contribution in [1.29, 1.82) is 0 Å². The molecule has 0 saturated heterocycles. The van der Waals surface area contributed by atoms with Crippen LogP contribution in [0.5, 0.6) is 0 Å². The molecule has 98 valence electrons. The van der Waals surface area contributed by atoms with E-state index in [-0.39, 0.29) is 5.69 Å². The van der Waals surface area contributed by atoms with Gasteiger partial charge in [-0.25, -0.2) is 8.78 Å². The van der Waals surface area contributed by atoms with Crippen molar-refractivity contribution in [3.8, 4) is 0 Å². The maximum Gasteiger partial charge on any atom is 0.256 e. The number of rotatable bonds is 2. The van der Waals surface area contributed by atoms with Crippen LogP contribution < -0.4 is 11.1 Å². The molecular weight excluding hydrogens is 250 g/mol. The van der Waals surface area contributed by atoms with Crippen molar-refractivity contribution in [2.75, 3.05) is 11.1 Å². The molecule has 0 aliphatic heterocycles. The fourth-order valence-electron chi connectivity index (χ4n) is 1.72. The van der Waals surface area contributed by atoms with Gasteiger partial charge in [0.1, 0.15) is 11.6 Å². The second-order valence-electron chi connectivity index (χ2n) is 4.13. The quantitative estimate of drug-likeness (QED) is 0.817. The van der Waals surface area contributed by atoms with E-state index in [2.05, 4.69) is 5.32 Å². The van der Waals surface area contributed by atoms with E-state index in [1.807, 2.05) is 0 Å². The molecule has 3 nitrogen and oxygen atoms in total. The van der Waals surface area contributed by atoms with Crippen LogP contribution in [0.2, 0.25) is 0 Å². The Balaban J connectivity index is 2.28. The highest BCUT2D eigenvalue weighted by molar-refractivity contribution is 6.06. The van der Waals surface area contributed by atoms with Gasteiger partial charge in [0.15, 0.2) is 0 Å². The molecule has 0 aromatic heterocycles. The summed E-state index contributed by atoms with van der Waals surface area (Å²) in [4.78, 5) is 12.0. The Hall–Kier alpha value is -2.43. The first-order valence-electron chi connectivity index (χ1n) is 5.60. The van der Waals surface area contributed by atoms with Gasteiger partial charge in [0.25, 0.3) is 5.91 Å². The Labute approximate surface area is 109 Å². The van der Waals surface area contributed by atoms with E-state index in [4.69, 9.17) is 5.73 Å². The van der Waals surface area contributed by atoms with Crippen molar-refractivity contribution in [1.82, 2.24) is 0 Å². The SMILES string of the molecule is Cc1c(N)cccc1C(=O)Nc1cc(F)cc(F)c1. The number of hydrogen-bond acceptors (Lipinski definition) is 2. The van der Waals surface area contributed by atoms with Gasteiger partial charge in [0, 0.05) is 23.0 Å². The minimum atomic E-state index is -0.750. The Kier molecular flexibility index (Phi) is 3.46. The summed E-state index contributed by atoms with van der Waals surface area (Å²) in [5.74, 6) is -1.96. The number of carbonyl (C=O) groups excluding carboxylic acids is 1. The van der Waals surface area contributed by atoms with Crippen LogP contribution in [-0.4, -0.2) is 5.91 Å². The van der Waals surface area contributed by atoms with E-state index in [0.717, 1.165) is 18.2 Å². The van der Waals surface area contributed by atoms with E-state index >= 15 is 0 Å². The van der Waals surface area contributed by atoms with Gasteiger partial charge in [0.05, 0.1) is 0 Å². The standard InChI is InChI=1S/C14H12F2N2O/c1-8-12(3-2-4-13(8)17)14(19)18-11-6-9(15)5-10(16)7-11/h2-7H,17H2,1H3,(H,18,19). The van der Waals surface area contributed by atoms with E-state index in [0.29, 0.717) is 16.8 Å². The van der Waals surface area contributed by atoms with Crippen LogP contribution >= 0.6 is 0 Å². The molecule has 0 fully saturated rings. The zero-order valence-electron chi connectivity index (χ0n) is 10.2. The summed E-state index contributed by atoms with van der Waals surface area (Å²) in [6.07, 6.45) is 0. The largest absolute Gasteiger partial charge is 0.398 e. The van der Waals surface area contributed by atoms with Crippen molar-refractivity contribution in [3.05, 3.63) is 59.2 Å². The van der Waals surface area contributed by atoms with Crippen LogP contribution in [0.25, 0.3) is 0 Å². The van der Waals surface area contributed by atoms with Gasteiger partial charge in [-0.1, -0.05) is 6.07 Å². The van der Waals surface area contributed by atoms with Crippen LogP contribution in [0.4, 0.5) is 20.2 Å². The molecule has 0 unspecified atom stereocenters. The third-order valence-electron chi connectivity index (χ3n) is 2.74. The third-order valence-corrected chi connectivity index (χ3v) is 2.74. The Morgan fingerprint density at radius 1 is 1.16 bits per heavy atom. The Morgan fingerprint density at radius 3 is 2.42 bits per heavy atom. The summed E-state index contributed by atoms with van der Waals surface area (Å²) >= 11 is 0. The number of carbonyl (C=O) groups is 1. The average molecular weight is 262 g/mol.